The fraction of sp³-hybridized carbons (Fsp3) is 0.444. The highest BCUT2D eigenvalue weighted by Gasteiger charge is 2.35. The second kappa shape index (κ2) is 5.80. The molecule has 0 heterocycles. The summed E-state index contributed by atoms with van der Waals surface area (Å²) in [6.45, 7) is 0. The second-order valence-corrected chi connectivity index (χ2v) is 10.4. The van der Waals surface area contributed by atoms with Crippen LogP contribution in [0.2, 0.25) is 0 Å². The van der Waals surface area contributed by atoms with Gasteiger partial charge in [-0.3, -0.25) is 4.79 Å². The third-order valence-corrected chi connectivity index (χ3v) is 4.80. The lowest BCUT2D eigenvalue weighted by molar-refractivity contribution is -0.138. The molecule has 0 saturated carbocycles. The molecule has 1 aliphatic rings. The monoisotopic (exact) mass is 561 g/mol. The lowest BCUT2D eigenvalue weighted by Crippen LogP contribution is -2.34. The number of carboxylic acid groups (broad SMARTS) is 1. The van der Waals surface area contributed by atoms with Gasteiger partial charge in [0.1, 0.15) is 13.6 Å². The van der Waals surface area contributed by atoms with E-state index in [0.29, 0.717) is 0 Å². The lowest BCUT2D eigenvalue weighted by Gasteiger charge is -2.28. The Morgan fingerprint density at radius 2 is 2.19 bits per heavy atom. The number of carbonyl (C=O) groups is 1. The maximum absolute atomic E-state index is 10.7. The fourth-order valence-corrected chi connectivity index (χ4v) is 4.82. The number of aliphatic hydroxyl groups is 1. The molecule has 0 radical (unpaired) electrons. The van der Waals surface area contributed by atoms with E-state index in [2.05, 4.69) is 67.8 Å². The highest BCUT2D eigenvalue weighted by Crippen LogP contribution is 2.43. The predicted molar refractivity (Wildman–Crippen MR) is 87.2 cm³/mol. The maximum atomic E-state index is 10.7. The van der Waals surface area contributed by atoms with Crippen molar-refractivity contribution in [2.24, 2.45) is 5.73 Å². The van der Waals surface area contributed by atoms with Crippen LogP contribution in [0, 0.1) is 0 Å². The third-order valence-electron chi connectivity index (χ3n) is 2.10. The molecule has 0 spiro atoms. The minimum Gasteiger partial charge on any atom is -0.480 e. The standard InChI is InChI=1S/C9H10I3NO3/c10-5-1-4(2-6(13)8(15)16)3-9(11,12)7(5)14/h1,3,6-7,14H,2,13H2,(H,15,16)/t6-,7?/m0/s1. The Morgan fingerprint density at radius 3 is 2.62 bits per heavy atom. The van der Waals surface area contributed by atoms with Crippen LogP contribution in [-0.4, -0.2) is 29.8 Å². The average molecular weight is 561 g/mol. The Bertz CT molecular complexity index is 365. The Hall–Kier alpha value is 1.06. The SMILES string of the molecule is N[C@@H](CC1=CC(I)(I)C(O)C(I)=C1)C(=O)O. The lowest BCUT2D eigenvalue weighted by atomic mass is 9.99. The van der Waals surface area contributed by atoms with Gasteiger partial charge in [0.15, 0.2) is 0 Å². The van der Waals surface area contributed by atoms with Crippen molar-refractivity contribution >= 4 is 73.7 Å². The molecule has 1 aliphatic carbocycles. The van der Waals surface area contributed by atoms with Crippen LogP contribution >= 0.6 is 67.8 Å². The molecule has 0 saturated heterocycles. The summed E-state index contributed by atoms with van der Waals surface area (Å²) in [5.74, 6) is -1.01. The van der Waals surface area contributed by atoms with Crippen molar-refractivity contribution in [1.82, 2.24) is 0 Å². The predicted octanol–water partition coefficient (Wildman–Crippen LogP) is 1.97. The van der Waals surface area contributed by atoms with E-state index in [-0.39, 0.29) is 6.42 Å². The van der Waals surface area contributed by atoms with Gasteiger partial charge in [-0.15, -0.1) is 0 Å². The molecule has 0 aliphatic heterocycles. The molecular weight excluding hydrogens is 551 g/mol. The van der Waals surface area contributed by atoms with E-state index < -0.39 is 19.5 Å². The van der Waals surface area contributed by atoms with Gasteiger partial charge in [-0.25, -0.2) is 0 Å². The van der Waals surface area contributed by atoms with Gasteiger partial charge in [-0.05, 0) is 40.7 Å². The largest absolute Gasteiger partial charge is 0.480 e. The van der Waals surface area contributed by atoms with E-state index in [9.17, 15) is 9.90 Å². The molecule has 4 N–H and O–H groups in total. The van der Waals surface area contributed by atoms with Crippen molar-refractivity contribution in [3.63, 3.8) is 0 Å². The number of nitrogens with two attached hydrogens (primary N) is 1. The quantitative estimate of drug-likeness (QED) is 0.364. The Balaban J connectivity index is 2.87. The number of allylic oxidation sites excluding steroid dienone is 1. The van der Waals surface area contributed by atoms with Crippen LogP contribution in [0.1, 0.15) is 6.42 Å². The summed E-state index contributed by atoms with van der Waals surface area (Å²) in [7, 11) is 0. The van der Waals surface area contributed by atoms with Crippen LogP contribution in [0.25, 0.3) is 0 Å². The van der Waals surface area contributed by atoms with E-state index >= 15 is 0 Å². The Labute approximate surface area is 134 Å². The first-order valence-corrected chi connectivity index (χ1v) is 7.60. The van der Waals surface area contributed by atoms with Gasteiger partial charge in [-0.1, -0.05) is 51.3 Å². The highest BCUT2D eigenvalue weighted by atomic mass is 127. The maximum Gasteiger partial charge on any atom is 0.320 e. The van der Waals surface area contributed by atoms with Gasteiger partial charge in [-0.2, -0.15) is 0 Å². The summed E-state index contributed by atoms with van der Waals surface area (Å²) < 4.78 is 0.366. The Morgan fingerprint density at radius 1 is 1.62 bits per heavy atom. The van der Waals surface area contributed by atoms with Crippen molar-refractivity contribution < 1.29 is 15.0 Å². The number of hydrogen-bond donors (Lipinski definition) is 3. The van der Waals surface area contributed by atoms with Crippen molar-refractivity contribution in [2.75, 3.05) is 0 Å². The first-order valence-electron chi connectivity index (χ1n) is 4.37. The van der Waals surface area contributed by atoms with E-state index in [1.165, 1.54) is 0 Å². The average Bonchev–Trinajstić information content (AvgIpc) is 2.13. The van der Waals surface area contributed by atoms with Crippen LogP contribution in [0.15, 0.2) is 21.3 Å². The number of carboxylic acids is 1. The minimum atomic E-state index is -1.01. The molecule has 16 heavy (non-hydrogen) atoms. The third kappa shape index (κ3) is 3.78. The first-order chi connectivity index (χ1) is 7.24. The molecule has 0 aromatic heterocycles. The van der Waals surface area contributed by atoms with Crippen LogP contribution in [0.5, 0.6) is 0 Å². The smallest absolute Gasteiger partial charge is 0.320 e. The molecule has 7 heteroatoms. The van der Waals surface area contributed by atoms with Gasteiger partial charge < -0.3 is 15.9 Å². The van der Waals surface area contributed by atoms with Crippen molar-refractivity contribution in [3.05, 3.63) is 21.3 Å². The summed E-state index contributed by atoms with van der Waals surface area (Å²) in [6, 6.07) is -0.898. The number of alkyl halides is 2. The van der Waals surface area contributed by atoms with Gasteiger partial charge in [0.25, 0.3) is 0 Å². The van der Waals surface area contributed by atoms with Gasteiger partial charge in [0.2, 0.25) is 0 Å². The fourth-order valence-electron chi connectivity index (χ4n) is 1.27. The molecule has 4 nitrogen and oxygen atoms in total. The van der Waals surface area contributed by atoms with E-state index in [0.717, 1.165) is 9.15 Å². The van der Waals surface area contributed by atoms with Crippen LogP contribution in [0.4, 0.5) is 0 Å². The van der Waals surface area contributed by atoms with Gasteiger partial charge >= 0.3 is 5.97 Å². The minimum absolute atomic E-state index is 0.280. The molecule has 1 rings (SSSR count). The normalized spacial score (nSPS) is 25.7. The number of aliphatic carboxylic acids is 1. The van der Waals surface area contributed by atoms with Gasteiger partial charge in [0.05, 0.1) is 0 Å². The summed E-state index contributed by atoms with van der Waals surface area (Å²) in [6.07, 6.45) is 3.38. The first kappa shape index (κ1) is 15.1. The zero-order chi connectivity index (χ0) is 12.5. The summed E-state index contributed by atoms with van der Waals surface area (Å²) in [4.78, 5) is 10.7. The molecule has 0 aromatic rings. The molecule has 1 unspecified atom stereocenters. The molecule has 0 bridgehead atoms. The molecular formula is C9H10I3NO3. The second-order valence-electron chi connectivity index (χ2n) is 3.47. The van der Waals surface area contributed by atoms with E-state index in [1.54, 1.807) is 6.08 Å². The number of hydrogen-bond acceptors (Lipinski definition) is 3. The molecule has 90 valence electrons. The van der Waals surface area contributed by atoms with E-state index in [4.69, 9.17) is 10.8 Å². The number of halogens is 3. The summed E-state index contributed by atoms with van der Waals surface area (Å²) >= 11 is 6.34. The van der Waals surface area contributed by atoms with Gasteiger partial charge in [0, 0.05) is 3.58 Å². The Kier molecular flexibility index (Phi) is 5.48. The van der Waals surface area contributed by atoms with Crippen LogP contribution < -0.4 is 5.73 Å². The number of rotatable bonds is 3. The molecule has 2 atom stereocenters. The van der Waals surface area contributed by atoms with Crippen molar-refractivity contribution in [2.45, 2.75) is 20.0 Å². The number of aliphatic hydroxyl groups excluding tert-OH is 1. The molecule has 0 amide bonds. The van der Waals surface area contributed by atoms with Crippen molar-refractivity contribution in [1.29, 1.82) is 0 Å². The highest BCUT2D eigenvalue weighted by molar-refractivity contribution is 14.2. The zero-order valence-corrected chi connectivity index (χ0v) is 14.5. The summed E-state index contributed by atoms with van der Waals surface area (Å²) in [5.41, 5.74) is 6.33. The summed E-state index contributed by atoms with van der Waals surface area (Å²) in [5, 5.41) is 18.6. The topological polar surface area (TPSA) is 83.5 Å². The molecule has 0 fully saturated rings. The van der Waals surface area contributed by atoms with E-state index in [1.807, 2.05) is 6.08 Å². The zero-order valence-electron chi connectivity index (χ0n) is 8.03. The van der Waals surface area contributed by atoms with Crippen LogP contribution in [-0.2, 0) is 4.79 Å². The molecule has 0 aromatic carbocycles. The van der Waals surface area contributed by atoms with Crippen molar-refractivity contribution in [3.8, 4) is 0 Å². The van der Waals surface area contributed by atoms with Crippen LogP contribution in [0.3, 0.4) is 0 Å².